The zero-order valence-electron chi connectivity index (χ0n) is 13.6. The zero-order valence-corrected chi connectivity index (χ0v) is 15.2. The Morgan fingerprint density at radius 2 is 1.62 bits per heavy atom. The van der Waals surface area contributed by atoms with Crippen molar-refractivity contribution in [3.8, 4) is 0 Å². The summed E-state index contributed by atoms with van der Waals surface area (Å²) in [5.74, 6) is 0. The van der Waals surface area contributed by atoms with Crippen LogP contribution in [0.3, 0.4) is 0 Å². The minimum absolute atomic E-state index is 0.249. The number of hydrogen-bond donors (Lipinski definition) is 1. The van der Waals surface area contributed by atoms with Crippen LogP contribution in [0.25, 0.3) is 0 Å². The molecule has 2 N–H and O–H groups in total. The summed E-state index contributed by atoms with van der Waals surface area (Å²) in [6, 6.07) is 9.71. The van der Waals surface area contributed by atoms with Crippen molar-refractivity contribution in [2.75, 3.05) is 23.7 Å². The van der Waals surface area contributed by atoms with E-state index in [0.717, 1.165) is 37.2 Å². The van der Waals surface area contributed by atoms with Crippen molar-refractivity contribution < 1.29 is 8.42 Å². The lowest BCUT2D eigenvalue weighted by molar-refractivity contribution is 0.577. The Morgan fingerprint density at radius 3 is 2.29 bits per heavy atom. The Hall–Kier alpha value is -1.72. The number of benzene rings is 2. The molecule has 0 aliphatic carbocycles. The molecule has 0 atom stereocenters. The molecule has 2 aromatic rings. The van der Waals surface area contributed by atoms with Gasteiger partial charge in [-0.25, -0.2) is 8.42 Å². The fourth-order valence-corrected chi connectivity index (χ4v) is 4.50. The second kappa shape index (κ2) is 6.65. The van der Waals surface area contributed by atoms with Gasteiger partial charge in [-0.1, -0.05) is 11.6 Å². The van der Waals surface area contributed by atoms with Gasteiger partial charge in [0.05, 0.1) is 21.2 Å². The Kier molecular flexibility index (Phi) is 4.74. The highest BCUT2D eigenvalue weighted by molar-refractivity contribution is 7.91. The van der Waals surface area contributed by atoms with Gasteiger partial charge in [0.2, 0.25) is 9.84 Å². The Balaban J connectivity index is 2.03. The fourth-order valence-electron chi connectivity index (χ4n) is 3.02. The smallest absolute Gasteiger partial charge is 0.206 e. The standard InChI is InChI=1S/C18H21ClN2O2S/c1-13-11-14(5-7-16(13)19)24(22,23)15-6-8-17(20)18(12-15)21-9-3-2-4-10-21/h5-8,11-12H,2-4,9-10,20H2,1H3. The van der Waals surface area contributed by atoms with E-state index in [9.17, 15) is 8.42 Å². The summed E-state index contributed by atoms with van der Waals surface area (Å²) in [7, 11) is -3.60. The van der Waals surface area contributed by atoms with Gasteiger partial charge in [-0.15, -0.1) is 0 Å². The first-order valence-electron chi connectivity index (χ1n) is 8.05. The summed E-state index contributed by atoms with van der Waals surface area (Å²) in [6.45, 7) is 3.62. The fraction of sp³-hybridized carbons (Fsp3) is 0.333. The highest BCUT2D eigenvalue weighted by Gasteiger charge is 2.21. The molecule has 1 aliphatic heterocycles. The summed E-state index contributed by atoms with van der Waals surface area (Å²) in [4.78, 5) is 2.68. The molecule has 0 spiro atoms. The van der Waals surface area contributed by atoms with Gasteiger partial charge in [0.15, 0.2) is 0 Å². The van der Waals surface area contributed by atoms with Gasteiger partial charge in [-0.05, 0) is 68.1 Å². The molecular weight excluding hydrogens is 344 g/mol. The van der Waals surface area contributed by atoms with Gasteiger partial charge in [0, 0.05) is 18.1 Å². The number of hydrogen-bond acceptors (Lipinski definition) is 4. The van der Waals surface area contributed by atoms with Crippen molar-refractivity contribution in [1.29, 1.82) is 0 Å². The van der Waals surface area contributed by atoms with E-state index >= 15 is 0 Å². The second-order valence-corrected chi connectivity index (χ2v) is 8.54. The third-order valence-corrected chi connectivity index (χ3v) is 6.62. The van der Waals surface area contributed by atoms with Gasteiger partial charge in [-0.2, -0.15) is 0 Å². The van der Waals surface area contributed by atoms with E-state index in [0.29, 0.717) is 10.7 Å². The molecule has 6 heteroatoms. The molecule has 0 bridgehead atoms. The number of nitrogen functional groups attached to an aromatic ring is 1. The minimum Gasteiger partial charge on any atom is -0.397 e. The van der Waals surface area contributed by atoms with Crippen LogP contribution in [0, 0.1) is 6.92 Å². The molecule has 4 nitrogen and oxygen atoms in total. The summed E-state index contributed by atoms with van der Waals surface area (Å²) >= 11 is 6.01. The van der Waals surface area contributed by atoms with E-state index in [1.165, 1.54) is 6.42 Å². The first kappa shape index (κ1) is 17.1. The molecular formula is C18H21ClN2O2S. The van der Waals surface area contributed by atoms with Crippen LogP contribution in [-0.2, 0) is 9.84 Å². The summed E-state index contributed by atoms with van der Waals surface area (Å²) < 4.78 is 25.9. The molecule has 1 aliphatic rings. The topological polar surface area (TPSA) is 63.4 Å². The summed E-state index contributed by atoms with van der Waals surface area (Å²) in [5, 5.41) is 0.556. The Morgan fingerprint density at radius 1 is 1.00 bits per heavy atom. The second-order valence-electron chi connectivity index (χ2n) is 6.18. The molecule has 24 heavy (non-hydrogen) atoms. The quantitative estimate of drug-likeness (QED) is 0.834. The number of piperidine rings is 1. The van der Waals surface area contributed by atoms with Crippen LogP contribution >= 0.6 is 11.6 Å². The predicted molar refractivity (Wildman–Crippen MR) is 98.6 cm³/mol. The number of anilines is 2. The van der Waals surface area contributed by atoms with E-state index in [1.807, 2.05) is 0 Å². The van der Waals surface area contributed by atoms with Gasteiger partial charge >= 0.3 is 0 Å². The maximum Gasteiger partial charge on any atom is 0.206 e. The third-order valence-electron chi connectivity index (χ3n) is 4.45. The maximum atomic E-state index is 12.9. The lowest BCUT2D eigenvalue weighted by Crippen LogP contribution is -2.30. The van der Waals surface area contributed by atoms with Crippen molar-refractivity contribution >= 4 is 32.8 Å². The molecule has 1 fully saturated rings. The zero-order chi connectivity index (χ0) is 17.3. The van der Waals surface area contributed by atoms with E-state index in [4.69, 9.17) is 17.3 Å². The normalized spacial score (nSPS) is 15.5. The number of nitrogens with two attached hydrogens (primary N) is 1. The van der Waals surface area contributed by atoms with Gasteiger partial charge in [-0.3, -0.25) is 0 Å². The predicted octanol–water partition coefficient (Wildman–Crippen LogP) is 4.05. The molecule has 1 saturated heterocycles. The van der Waals surface area contributed by atoms with E-state index in [1.54, 1.807) is 43.3 Å². The first-order chi connectivity index (χ1) is 11.4. The number of aryl methyl sites for hydroxylation is 1. The van der Waals surface area contributed by atoms with Gasteiger partial charge < -0.3 is 10.6 Å². The molecule has 1 heterocycles. The van der Waals surface area contributed by atoms with Crippen LogP contribution in [0.5, 0.6) is 0 Å². The molecule has 0 saturated carbocycles. The maximum absolute atomic E-state index is 12.9. The minimum atomic E-state index is -3.60. The van der Waals surface area contributed by atoms with E-state index < -0.39 is 9.84 Å². The van der Waals surface area contributed by atoms with Crippen LogP contribution in [0.1, 0.15) is 24.8 Å². The molecule has 2 aromatic carbocycles. The summed E-state index contributed by atoms with van der Waals surface area (Å²) in [6.07, 6.45) is 3.41. The van der Waals surface area contributed by atoms with Crippen molar-refractivity contribution in [1.82, 2.24) is 0 Å². The molecule has 0 radical (unpaired) electrons. The molecule has 0 aromatic heterocycles. The van der Waals surface area contributed by atoms with Crippen molar-refractivity contribution in [3.63, 3.8) is 0 Å². The monoisotopic (exact) mass is 364 g/mol. The first-order valence-corrected chi connectivity index (χ1v) is 9.91. The highest BCUT2D eigenvalue weighted by atomic mass is 35.5. The number of halogens is 1. The number of nitrogens with zero attached hydrogens (tertiary/aromatic N) is 1. The molecule has 128 valence electrons. The number of sulfone groups is 1. The third kappa shape index (κ3) is 3.23. The lowest BCUT2D eigenvalue weighted by atomic mass is 10.1. The van der Waals surface area contributed by atoms with Crippen LogP contribution in [0.2, 0.25) is 5.02 Å². The van der Waals surface area contributed by atoms with Crippen molar-refractivity contribution in [2.45, 2.75) is 36.0 Å². The Labute approximate surface area is 148 Å². The largest absolute Gasteiger partial charge is 0.397 e. The van der Waals surface area contributed by atoms with Crippen LogP contribution < -0.4 is 10.6 Å². The van der Waals surface area contributed by atoms with Crippen molar-refractivity contribution in [3.05, 3.63) is 47.0 Å². The Bertz CT molecular complexity index is 859. The van der Waals surface area contributed by atoms with Gasteiger partial charge in [0.1, 0.15) is 0 Å². The highest BCUT2D eigenvalue weighted by Crippen LogP contribution is 2.32. The molecule has 3 rings (SSSR count). The van der Waals surface area contributed by atoms with E-state index in [-0.39, 0.29) is 9.79 Å². The average molecular weight is 365 g/mol. The molecule has 0 amide bonds. The van der Waals surface area contributed by atoms with Crippen LogP contribution in [0.15, 0.2) is 46.2 Å². The number of rotatable bonds is 3. The summed E-state index contributed by atoms with van der Waals surface area (Å²) in [5.41, 5.74) is 8.25. The van der Waals surface area contributed by atoms with Crippen LogP contribution in [0.4, 0.5) is 11.4 Å². The van der Waals surface area contributed by atoms with E-state index in [2.05, 4.69) is 4.90 Å². The lowest BCUT2D eigenvalue weighted by Gasteiger charge is -2.30. The van der Waals surface area contributed by atoms with Gasteiger partial charge in [0.25, 0.3) is 0 Å². The SMILES string of the molecule is Cc1cc(S(=O)(=O)c2ccc(N)c(N3CCCCC3)c2)ccc1Cl. The average Bonchev–Trinajstić information content (AvgIpc) is 2.58. The molecule has 0 unspecified atom stereocenters. The van der Waals surface area contributed by atoms with Crippen LogP contribution in [-0.4, -0.2) is 21.5 Å². The van der Waals surface area contributed by atoms with Crippen molar-refractivity contribution in [2.24, 2.45) is 0 Å².